The van der Waals surface area contributed by atoms with Crippen LogP contribution in [0.1, 0.15) is 25.7 Å². The maximum absolute atomic E-state index is 11.7. The lowest BCUT2D eigenvalue weighted by atomic mass is 9.97. The molecule has 1 amide bonds. The number of carbonyl (C=O) groups is 1. The maximum atomic E-state index is 11.7. The zero-order valence-electron chi connectivity index (χ0n) is 10.1. The highest BCUT2D eigenvalue weighted by Crippen LogP contribution is 2.18. The summed E-state index contributed by atoms with van der Waals surface area (Å²) in [5.41, 5.74) is 0. The molecule has 1 aliphatic heterocycles. The Morgan fingerprint density at radius 1 is 1.50 bits per heavy atom. The summed E-state index contributed by atoms with van der Waals surface area (Å²) in [6.07, 6.45) is 5.81. The molecule has 4 heteroatoms. The van der Waals surface area contributed by atoms with E-state index in [9.17, 15) is 4.79 Å². The molecule has 0 atom stereocenters. The molecule has 1 rings (SSSR count). The average Bonchev–Trinajstić information content (AvgIpc) is 2.29. The van der Waals surface area contributed by atoms with Crippen molar-refractivity contribution in [3.05, 3.63) is 12.7 Å². The standard InChI is InChI=1S/C12H22N2O.ClH/c1-3-11-6-9-14(10-7-11)12(15)5-4-8-13-2;/h3,11,13H,1,4-10H2,2H3;1H. The van der Waals surface area contributed by atoms with Crippen LogP contribution < -0.4 is 5.32 Å². The van der Waals surface area contributed by atoms with Gasteiger partial charge < -0.3 is 10.2 Å². The number of halogens is 1. The molecule has 1 saturated heterocycles. The Morgan fingerprint density at radius 2 is 2.12 bits per heavy atom. The molecule has 0 saturated carbocycles. The largest absolute Gasteiger partial charge is 0.343 e. The average molecular weight is 247 g/mol. The van der Waals surface area contributed by atoms with E-state index < -0.39 is 0 Å². The first-order valence-electron chi connectivity index (χ1n) is 5.83. The Balaban J connectivity index is 0.00000225. The van der Waals surface area contributed by atoms with Crippen molar-refractivity contribution in [2.45, 2.75) is 25.7 Å². The van der Waals surface area contributed by atoms with Crippen LogP contribution >= 0.6 is 12.4 Å². The number of likely N-dealkylation sites (tertiary alicyclic amines) is 1. The molecule has 0 spiro atoms. The van der Waals surface area contributed by atoms with Gasteiger partial charge in [0.25, 0.3) is 0 Å². The van der Waals surface area contributed by atoms with Gasteiger partial charge in [-0.3, -0.25) is 4.79 Å². The van der Waals surface area contributed by atoms with Crippen LogP contribution in [0.15, 0.2) is 12.7 Å². The number of piperidine rings is 1. The third-order valence-electron chi connectivity index (χ3n) is 3.04. The Morgan fingerprint density at radius 3 is 2.62 bits per heavy atom. The minimum atomic E-state index is 0. The minimum Gasteiger partial charge on any atom is -0.343 e. The van der Waals surface area contributed by atoms with Crippen molar-refractivity contribution in [2.75, 3.05) is 26.7 Å². The SMILES string of the molecule is C=CC1CCN(C(=O)CCCNC)CC1.Cl. The van der Waals surface area contributed by atoms with Crippen molar-refractivity contribution in [3.8, 4) is 0 Å². The van der Waals surface area contributed by atoms with Gasteiger partial charge in [0, 0.05) is 19.5 Å². The van der Waals surface area contributed by atoms with Gasteiger partial charge in [-0.2, -0.15) is 0 Å². The van der Waals surface area contributed by atoms with Gasteiger partial charge in [-0.25, -0.2) is 0 Å². The number of allylic oxidation sites excluding steroid dienone is 1. The summed E-state index contributed by atoms with van der Waals surface area (Å²) in [5, 5.41) is 3.06. The monoisotopic (exact) mass is 246 g/mol. The Bertz CT molecular complexity index is 213. The summed E-state index contributed by atoms with van der Waals surface area (Å²) in [4.78, 5) is 13.7. The van der Waals surface area contributed by atoms with E-state index in [0.717, 1.165) is 38.9 Å². The third kappa shape index (κ3) is 4.99. The van der Waals surface area contributed by atoms with Crippen molar-refractivity contribution in [1.29, 1.82) is 0 Å². The number of amides is 1. The summed E-state index contributed by atoms with van der Waals surface area (Å²) >= 11 is 0. The lowest BCUT2D eigenvalue weighted by molar-refractivity contribution is -0.132. The van der Waals surface area contributed by atoms with Gasteiger partial charge in [0.15, 0.2) is 0 Å². The van der Waals surface area contributed by atoms with Crippen molar-refractivity contribution in [1.82, 2.24) is 10.2 Å². The van der Waals surface area contributed by atoms with Crippen LogP contribution in [0, 0.1) is 5.92 Å². The second-order valence-electron chi connectivity index (χ2n) is 4.16. The summed E-state index contributed by atoms with van der Waals surface area (Å²) < 4.78 is 0. The van der Waals surface area contributed by atoms with E-state index in [2.05, 4.69) is 11.9 Å². The highest BCUT2D eigenvalue weighted by atomic mass is 35.5. The van der Waals surface area contributed by atoms with Gasteiger partial charge in [-0.05, 0) is 38.8 Å². The molecule has 94 valence electrons. The minimum absolute atomic E-state index is 0. The zero-order valence-corrected chi connectivity index (χ0v) is 10.9. The van der Waals surface area contributed by atoms with E-state index >= 15 is 0 Å². The summed E-state index contributed by atoms with van der Waals surface area (Å²) in [6, 6.07) is 0. The summed E-state index contributed by atoms with van der Waals surface area (Å²) in [6.45, 7) is 6.55. The second kappa shape index (κ2) is 8.59. The highest BCUT2D eigenvalue weighted by molar-refractivity contribution is 5.85. The quantitative estimate of drug-likeness (QED) is 0.593. The lowest BCUT2D eigenvalue weighted by Gasteiger charge is -2.30. The van der Waals surface area contributed by atoms with Crippen molar-refractivity contribution in [2.24, 2.45) is 5.92 Å². The smallest absolute Gasteiger partial charge is 0.222 e. The van der Waals surface area contributed by atoms with Gasteiger partial charge in [-0.15, -0.1) is 19.0 Å². The normalized spacial score (nSPS) is 16.7. The summed E-state index contributed by atoms with van der Waals surface area (Å²) in [5.74, 6) is 0.930. The fraction of sp³-hybridized carbons (Fsp3) is 0.750. The van der Waals surface area contributed by atoms with Crippen LogP contribution in [-0.2, 0) is 4.79 Å². The molecule has 16 heavy (non-hydrogen) atoms. The van der Waals surface area contributed by atoms with Gasteiger partial charge in [0.1, 0.15) is 0 Å². The first-order chi connectivity index (χ1) is 7.27. The van der Waals surface area contributed by atoms with Crippen molar-refractivity contribution < 1.29 is 4.79 Å². The molecular weight excluding hydrogens is 224 g/mol. The number of nitrogens with zero attached hydrogens (tertiary/aromatic N) is 1. The second-order valence-corrected chi connectivity index (χ2v) is 4.16. The fourth-order valence-corrected chi connectivity index (χ4v) is 1.96. The molecule has 0 aromatic rings. The predicted octanol–water partition coefficient (Wildman–Crippen LogP) is 1.83. The maximum Gasteiger partial charge on any atom is 0.222 e. The van der Waals surface area contributed by atoms with Crippen LogP contribution in [-0.4, -0.2) is 37.5 Å². The van der Waals surface area contributed by atoms with Crippen LogP contribution in [0.4, 0.5) is 0 Å². The topological polar surface area (TPSA) is 32.3 Å². The molecule has 0 aromatic heterocycles. The molecule has 3 nitrogen and oxygen atoms in total. The van der Waals surface area contributed by atoms with Crippen LogP contribution in [0.3, 0.4) is 0 Å². The first kappa shape index (κ1) is 15.5. The molecule has 0 aliphatic carbocycles. The van der Waals surface area contributed by atoms with Gasteiger partial charge >= 0.3 is 0 Å². The Hall–Kier alpha value is -0.540. The fourth-order valence-electron chi connectivity index (χ4n) is 1.96. The zero-order chi connectivity index (χ0) is 11.1. The van der Waals surface area contributed by atoms with Crippen molar-refractivity contribution >= 4 is 18.3 Å². The van der Waals surface area contributed by atoms with Gasteiger partial charge in [0.05, 0.1) is 0 Å². The van der Waals surface area contributed by atoms with Gasteiger partial charge in [-0.1, -0.05) is 6.08 Å². The molecule has 1 N–H and O–H groups in total. The Kier molecular flexibility index (Phi) is 8.30. The van der Waals surface area contributed by atoms with E-state index in [0.29, 0.717) is 18.2 Å². The molecule has 1 fully saturated rings. The molecule has 0 aromatic carbocycles. The van der Waals surface area contributed by atoms with E-state index in [4.69, 9.17) is 0 Å². The van der Waals surface area contributed by atoms with Gasteiger partial charge in [0.2, 0.25) is 5.91 Å². The molecule has 0 radical (unpaired) electrons. The van der Waals surface area contributed by atoms with Crippen molar-refractivity contribution in [3.63, 3.8) is 0 Å². The Labute approximate surface area is 105 Å². The van der Waals surface area contributed by atoms with E-state index in [-0.39, 0.29) is 12.4 Å². The van der Waals surface area contributed by atoms with Crippen LogP contribution in [0.2, 0.25) is 0 Å². The number of carbonyl (C=O) groups excluding carboxylic acids is 1. The molecular formula is C12H23ClN2O. The van der Waals surface area contributed by atoms with Crippen LogP contribution in [0.5, 0.6) is 0 Å². The highest BCUT2D eigenvalue weighted by Gasteiger charge is 2.20. The molecule has 0 unspecified atom stereocenters. The molecule has 1 heterocycles. The summed E-state index contributed by atoms with van der Waals surface area (Å²) in [7, 11) is 1.92. The first-order valence-corrected chi connectivity index (χ1v) is 5.83. The molecule has 1 aliphatic rings. The number of hydrogen-bond donors (Lipinski definition) is 1. The van der Waals surface area contributed by atoms with E-state index in [1.165, 1.54) is 0 Å². The number of hydrogen-bond acceptors (Lipinski definition) is 2. The van der Waals surface area contributed by atoms with Crippen LogP contribution in [0.25, 0.3) is 0 Å². The lowest BCUT2D eigenvalue weighted by Crippen LogP contribution is -2.38. The number of rotatable bonds is 5. The molecule has 0 bridgehead atoms. The third-order valence-corrected chi connectivity index (χ3v) is 3.04. The van der Waals surface area contributed by atoms with E-state index in [1.54, 1.807) is 0 Å². The predicted molar refractivity (Wildman–Crippen MR) is 69.9 cm³/mol. The number of nitrogens with one attached hydrogen (secondary N) is 1. The van der Waals surface area contributed by atoms with E-state index in [1.807, 2.05) is 18.0 Å².